The third kappa shape index (κ3) is 2.65. The van der Waals surface area contributed by atoms with Crippen LogP contribution in [0.2, 0.25) is 0 Å². The van der Waals surface area contributed by atoms with E-state index in [1.165, 1.54) is 5.56 Å². The van der Waals surface area contributed by atoms with Gasteiger partial charge < -0.3 is 15.0 Å². The Morgan fingerprint density at radius 3 is 2.83 bits per heavy atom. The summed E-state index contributed by atoms with van der Waals surface area (Å²) in [5.41, 5.74) is 2.37. The Bertz CT molecular complexity index is 418. The molecule has 0 amide bonds. The van der Waals surface area contributed by atoms with E-state index in [1.807, 2.05) is 7.05 Å². The van der Waals surface area contributed by atoms with Crippen LogP contribution < -0.4 is 10.2 Å². The highest BCUT2D eigenvalue weighted by atomic mass is 16.5. The minimum atomic E-state index is 0.0161. The first-order valence-corrected chi connectivity index (χ1v) is 6.51. The van der Waals surface area contributed by atoms with E-state index in [4.69, 9.17) is 9.72 Å². The Balaban J connectivity index is 2.25. The molecule has 1 aliphatic rings. The normalized spacial score (nSPS) is 19.0. The number of pyridine rings is 1. The number of rotatable bonds is 3. The monoisotopic (exact) mass is 249 g/mol. The van der Waals surface area contributed by atoms with Crippen molar-refractivity contribution in [2.45, 2.75) is 32.9 Å². The maximum Gasteiger partial charge on any atom is 0.129 e. The number of nitrogens with zero attached hydrogens (tertiary/aromatic N) is 2. The molecule has 0 spiro atoms. The van der Waals surface area contributed by atoms with Gasteiger partial charge in [-0.2, -0.15) is 0 Å². The standard InChI is InChI=1S/C14H23N3O/c1-11-12(9-15-4)5-6-13(16-11)17-7-8-18-10-14(17,2)3/h5-6,15H,7-10H2,1-4H3. The van der Waals surface area contributed by atoms with Crippen LogP contribution in [0.3, 0.4) is 0 Å². The lowest BCUT2D eigenvalue weighted by Crippen LogP contribution is -2.53. The number of aromatic nitrogens is 1. The van der Waals surface area contributed by atoms with Crippen molar-refractivity contribution in [3.63, 3.8) is 0 Å². The van der Waals surface area contributed by atoms with Crippen molar-refractivity contribution in [3.8, 4) is 0 Å². The van der Waals surface area contributed by atoms with Crippen LogP contribution >= 0.6 is 0 Å². The fourth-order valence-corrected chi connectivity index (χ4v) is 2.39. The average Bonchev–Trinajstić information content (AvgIpc) is 2.31. The van der Waals surface area contributed by atoms with Crippen LogP contribution in [-0.2, 0) is 11.3 Å². The van der Waals surface area contributed by atoms with E-state index in [2.05, 4.69) is 43.1 Å². The molecule has 4 heteroatoms. The molecule has 1 N–H and O–H groups in total. The van der Waals surface area contributed by atoms with Crippen LogP contribution in [0.5, 0.6) is 0 Å². The number of aryl methyl sites for hydroxylation is 1. The van der Waals surface area contributed by atoms with E-state index in [0.717, 1.165) is 37.8 Å². The topological polar surface area (TPSA) is 37.4 Å². The molecule has 1 aromatic rings. The lowest BCUT2D eigenvalue weighted by molar-refractivity contribution is 0.0639. The Labute approximate surface area is 109 Å². The van der Waals surface area contributed by atoms with Gasteiger partial charge in [-0.15, -0.1) is 0 Å². The van der Waals surface area contributed by atoms with Crippen LogP contribution in [0.25, 0.3) is 0 Å². The summed E-state index contributed by atoms with van der Waals surface area (Å²) in [5.74, 6) is 1.06. The van der Waals surface area contributed by atoms with Crippen molar-refractivity contribution in [2.24, 2.45) is 0 Å². The van der Waals surface area contributed by atoms with E-state index in [-0.39, 0.29) is 5.54 Å². The Hall–Kier alpha value is -1.13. The molecular weight excluding hydrogens is 226 g/mol. The van der Waals surface area contributed by atoms with Gasteiger partial charge in [0, 0.05) is 18.8 Å². The predicted octanol–water partition coefficient (Wildman–Crippen LogP) is 1.72. The van der Waals surface area contributed by atoms with E-state index < -0.39 is 0 Å². The highest BCUT2D eigenvalue weighted by Crippen LogP contribution is 2.26. The summed E-state index contributed by atoms with van der Waals surface area (Å²) < 4.78 is 5.55. The van der Waals surface area contributed by atoms with E-state index in [0.29, 0.717) is 0 Å². The summed E-state index contributed by atoms with van der Waals surface area (Å²) in [6, 6.07) is 4.28. The number of hydrogen-bond donors (Lipinski definition) is 1. The molecule has 0 unspecified atom stereocenters. The van der Waals surface area contributed by atoms with Crippen LogP contribution in [0.1, 0.15) is 25.1 Å². The average molecular weight is 249 g/mol. The molecule has 0 bridgehead atoms. The van der Waals surface area contributed by atoms with Gasteiger partial charge in [0.2, 0.25) is 0 Å². The van der Waals surface area contributed by atoms with Crippen LogP contribution in [-0.4, -0.2) is 37.3 Å². The van der Waals surface area contributed by atoms with Crippen LogP contribution in [0, 0.1) is 6.92 Å². The van der Waals surface area contributed by atoms with E-state index in [9.17, 15) is 0 Å². The smallest absolute Gasteiger partial charge is 0.129 e. The van der Waals surface area contributed by atoms with E-state index >= 15 is 0 Å². The Morgan fingerprint density at radius 1 is 1.44 bits per heavy atom. The zero-order valence-corrected chi connectivity index (χ0v) is 11.8. The van der Waals surface area contributed by atoms with Crippen molar-refractivity contribution in [1.82, 2.24) is 10.3 Å². The minimum Gasteiger partial charge on any atom is -0.377 e. The summed E-state index contributed by atoms with van der Waals surface area (Å²) in [7, 11) is 1.96. The van der Waals surface area contributed by atoms with Gasteiger partial charge >= 0.3 is 0 Å². The van der Waals surface area contributed by atoms with Gasteiger partial charge in [0.1, 0.15) is 5.82 Å². The van der Waals surface area contributed by atoms with Gasteiger partial charge in [0.25, 0.3) is 0 Å². The molecule has 0 aliphatic carbocycles. The number of nitrogens with one attached hydrogen (secondary N) is 1. The first-order chi connectivity index (χ1) is 8.54. The summed E-state index contributed by atoms with van der Waals surface area (Å²) in [6.07, 6.45) is 0. The van der Waals surface area contributed by atoms with Gasteiger partial charge in [0.05, 0.1) is 18.8 Å². The van der Waals surface area contributed by atoms with Crippen molar-refractivity contribution >= 4 is 5.82 Å². The van der Waals surface area contributed by atoms with Crippen LogP contribution in [0.4, 0.5) is 5.82 Å². The molecule has 0 radical (unpaired) electrons. The summed E-state index contributed by atoms with van der Waals surface area (Å²) in [6.45, 7) is 9.78. The maximum atomic E-state index is 5.55. The summed E-state index contributed by atoms with van der Waals surface area (Å²) in [5, 5.41) is 3.17. The largest absolute Gasteiger partial charge is 0.377 e. The summed E-state index contributed by atoms with van der Waals surface area (Å²) >= 11 is 0. The second-order valence-corrected chi connectivity index (χ2v) is 5.46. The molecule has 1 aromatic heterocycles. The third-order valence-corrected chi connectivity index (χ3v) is 3.47. The van der Waals surface area contributed by atoms with Gasteiger partial charge in [-0.1, -0.05) is 6.07 Å². The number of anilines is 1. The van der Waals surface area contributed by atoms with Gasteiger partial charge in [-0.05, 0) is 39.4 Å². The number of ether oxygens (including phenoxy) is 1. The SMILES string of the molecule is CNCc1ccc(N2CCOCC2(C)C)nc1C. The minimum absolute atomic E-state index is 0.0161. The van der Waals surface area contributed by atoms with E-state index in [1.54, 1.807) is 0 Å². The zero-order chi connectivity index (χ0) is 13.2. The lowest BCUT2D eigenvalue weighted by atomic mass is 10.0. The molecule has 2 rings (SSSR count). The molecule has 0 aromatic carbocycles. The molecule has 2 heterocycles. The van der Waals surface area contributed by atoms with Crippen molar-refractivity contribution in [1.29, 1.82) is 0 Å². The molecule has 1 fully saturated rings. The fourth-order valence-electron chi connectivity index (χ4n) is 2.39. The van der Waals surface area contributed by atoms with Gasteiger partial charge in [-0.25, -0.2) is 4.98 Å². The lowest BCUT2D eigenvalue weighted by Gasteiger charge is -2.43. The zero-order valence-electron chi connectivity index (χ0n) is 11.8. The second kappa shape index (κ2) is 5.24. The molecule has 4 nitrogen and oxygen atoms in total. The highest BCUT2D eigenvalue weighted by Gasteiger charge is 2.31. The van der Waals surface area contributed by atoms with Crippen molar-refractivity contribution in [3.05, 3.63) is 23.4 Å². The van der Waals surface area contributed by atoms with Gasteiger partial charge in [-0.3, -0.25) is 0 Å². The molecular formula is C14H23N3O. The number of hydrogen-bond acceptors (Lipinski definition) is 4. The quantitative estimate of drug-likeness (QED) is 0.885. The molecule has 0 atom stereocenters. The summed E-state index contributed by atoms with van der Waals surface area (Å²) in [4.78, 5) is 7.08. The maximum absolute atomic E-state index is 5.55. The number of morpholine rings is 1. The molecule has 100 valence electrons. The highest BCUT2D eigenvalue weighted by molar-refractivity contribution is 5.44. The molecule has 0 saturated carbocycles. The van der Waals surface area contributed by atoms with Crippen molar-refractivity contribution in [2.75, 3.05) is 31.7 Å². The van der Waals surface area contributed by atoms with Crippen molar-refractivity contribution < 1.29 is 4.74 Å². The first kappa shape index (κ1) is 13.3. The molecule has 18 heavy (non-hydrogen) atoms. The predicted molar refractivity (Wildman–Crippen MR) is 74.0 cm³/mol. The van der Waals surface area contributed by atoms with Gasteiger partial charge in [0.15, 0.2) is 0 Å². The third-order valence-electron chi connectivity index (χ3n) is 3.47. The fraction of sp³-hybridized carbons (Fsp3) is 0.643. The van der Waals surface area contributed by atoms with Crippen LogP contribution in [0.15, 0.2) is 12.1 Å². The Morgan fingerprint density at radius 2 is 2.22 bits per heavy atom. The molecule has 1 aliphatic heterocycles. The second-order valence-electron chi connectivity index (χ2n) is 5.46. The first-order valence-electron chi connectivity index (χ1n) is 6.51. The molecule has 1 saturated heterocycles. The Kier molecular flexibility index (Phi) is 3.88.